The van der Waals surface area contributed by atoms with E-state index in [4.69, 9.17) is 10.5 Å². The number of aliphatic imine (C=N–C) groups is 1. The number of methoxy groups -OCH3 is 1. The van der Waals surface area contributed by atoms with Gasteiger partial charge < -0.3 is 15.4 Å². The number of carbonyl (C=O) groups is 1. The number of benzene rings is 1. The summed E-state index contributed by atoms with van der Waals surface area (Å²) in [5.41, 5.74) is 6.69. The number of rotatable bonds is 5. The summed E-state index contributed by atoms with van der Waals surface area (Å²) in [4.78, 5) is 17.7. The van der Waals surface area contributed by atoms with Crippen molar-refractivity contribution in [2.75, 3.05) is 7.11 Å². The Labute approximate surface area is 125 Å². The first kappa shape index (κ1) is 15.4. The van der Waals surface area contributed by atoms with Crippen LogP contribution in [0.4, 0.5) is 4.79 Å². The summed E-state index contributed by atoms with van der Waals surface area (Å²) in [7, 11) is 1.65. The van der Waals surface area contributed by atoms with Gasteiger partial charge in [0.2, 0.25) is 0 Å². The summed E-state index contributed by atoms with van der Waals surface area (Å²) < 4.78 is 5.15. The Morgan fingerprint density at radius 3 is 2.48 bits per heavy atom. The van der Waals surface area contributed by atoms with E-state index in [9.17, 15) is 4.79 Å². The van der Waals surface area contributed by atoms with Crippen LogP contribution in [0, 0.1) is 0 Å². The number of urea groups is 1. The Kier molecular flexibility index (Phi) is 4.21. The number of hydrogen-bond acceptors (Lipinski definition) is 3. The number of aryl methyl sites for hydroxylation is 1. The Balaban J connectivity index is 2.12. The zero-order valence-electron chi connectivity index (χ0n) is 13.1. The lowest BCUT2D eigenvalue weighted by Crippen LogP contribution is -2.54. The lowest BCUT2D eigenvalue weighted by molar-refractivity contribution is 0.150. The van der Waals surface area contributed by atoms with Crippen LogP contribution in [0.1, 0.15) is 32.8 Å². The van der Waals surface area contributed by atoms with E-state index in [0.29, 0.717) is 5.84 Å². The quantitative estimate of drug-likeness (QED) is 0.906. The molecule has 1 aromatic rings. The highest BCUT2D eigenvalue weighted by Crippen LogP contribution is 2.30. The van der Waals surface area contributed by atoms with Crippen LogP contribution >= 0.6 is 0 Å². The largest absolute Gasteiger partial charge is 0.497 e. The SMILES string of the molecule is COc1ccc(CCC2(C)C(N)=NC(=O)N2C(C)C)cc1. The van der Waals surface area contributed by atoms with E-state index < -0.39 is 5.54 Å². The highest BCUT2D eigenvalue weighted by atomic mass is 16.5. The van der Waals surface area contributed by atoms with E-state index in [2.05, 4.69) is 4.99 Å². The van der Waals surface area contributed by atoms with Crippen LogP contribution < -0.4 is 10.5 Å². The molecule has 2 amide bonds. The average molecular weight is 289 g/mol. The minimum absolute atomic E-state index is 0.0724. The predicted molar refractivity (Wildman–Crippen MR) is 83.7 cm³/mol. The minimum atomic E-state index is -0.509. The zero-order valence-corrected chi connectivity index (χ0v) is 13.1. The second-order valence-corrected chi connectivity index (χ2v) is 5.87. The third-order valence-corrected chi connectivity index (χ3v) is 4.08. The molecule has 0 aliphatic carbocycles. The van der Waals surface area contributed by atoms with Crippen molar-refractivity contribution in [3.8, 4) is 5.75 Å². The van der Waals surface area contributed by atoms with Crippen LogP contribution in [0.3, 0.4) is 0 Å². The van der Waals surface area contributed by atoms with Crippen LogP contribution in [0.5, 0.6) is 5.75 Å². The van der Waals surface area contributed by atoms with Crippen molar-refractivity contribution in [1.29, 1.82) is 0 Å². The summed E-state index contributed by atoms with van der Waals surface area (Å²) in [5.74, 6) is 1.25. The first-order chi connectivity index (χ1) is 9.88. The first-order valence-corrected chi connectivity index (χ1v) is 7.19. The van der Waals surface area contributed by atoms with E-state index in [1.165, 1.54) is 5.56 Å². The Bertz CT molecular complexity index is 551. The molecule has 1 atom stereocenters. The fourth-order valence-electron chi connectivity index (χ4n) is 2.83. The lowest BCUT2D eigenvalue weighted by atomic mass is 9.90. The van der Waals surface area contributed by atoms with Crippen LogP contribution in [0.2, 0.25) is 0 Å². The van der Waals surface area contributed by atoms with E-state index in [1.54, 1.807) is 12.0 Å². The van der Waals surface area contributed by atoms with Crippen LogP contribution in [-0.2, 0) is 6.42 Å². The number of hydrogen-bond donors (Lipinski definition) is 1. The number of amides is 2. The standard InChI is InChI=1S/C16H23N3O2/c1-11(2)19-15(20)18-14(17)16(19,3)10-9-12-5-7-13(21-4)8-6-12/h5-8,11H,9-10H2,1-4H3,(H2,17,18,20). The number of nitrogens with two attached hydrogens (primary N) is 1. The van der Waals surface area contributed by atoms with Crippen molar-refractivity contribution in [2.45, 2.75) is 45.2 Å². The van der Waals surface area contributed by atoms with Gasteiger partial charge in [-0.05, 0) is 51.3 Å². The van der Waals surface area contributed by atoms with Gasteiger partial charge in [-0.15, -0.1) is 0 Å². The van der Waals surface area contributed by atoms with Gasteiger partial charge in [0.15, 0.2) is 0 Å². The highest BCUT2D eigenvalue weighted by Gasteiger charge is 2.45. The van der Waals surface area contributed by atoms with Gasteiger partial charge in [0.1, 0.15) is 11.6 Å². The molecule has 1 aliphatic rings. The van der Waals surface area contributed by atoms with Crippen molar-refractivity contribution < 1.29 is 9.53 Å². The molecule has 0 saturated heterocycles. The van der Waals surface area contributed by atoms with Crippen molar-refractivity contribution >= 4 is 11.9 Å². The van der Waals surface area contributed by atoms with Crippen molar-refractivity contribution in [2.24, 2.45) is 10.7 Å². The normalized spacial score (nSPS) is 21.9. The van der Waals surface area contributed by atoms with E-state index in [-0.39, 0.29) is 12.1 Å². The zero-order chi connectivity index (χ0) is 15.6. The number of ether oxygens (including phenoxy) is 1. The van der Waals surface area contributed by atoms with E-state index >= 15 is 0 Å². The molecule has 0 spiro atoms. The molecule has 21 heavy (non-hydrogen) atoms. The molecule has 1 heterocycles. The molecule has 5 heteroatoms. The molecular formula is C16H23N3O2. The summed E-state index contributed by atoms with van der Waals surface area (Å²) >= 11 is 0. The minimum Gasteiger partial charge on any atom is -0.497 e. The first-order valence-electron chi connectivity index (χ1n) is 7.19. The number of carbonyl (C=O) groups excluding carboxylic acids is 1. The molecule has 2 N–H and O–H groups in total. The highest BCUT2D eigenvalue weighted by molar-refractivity contribution is 6.05. The molecule has 0 bridgehead atoms. The van der Waals surface area contributed by atoms with Gasteiger partial charge in [-0.25, -0.2) is 4.79 Å². The van der Waals surface area contributed by atoms with Gasteiger partial charge in [-0.2, -0.15) is 4.99 Å². The molecule has 0 aromatic heterocycles. The van der Waals surface area contributed by atoms with Gasteiger partial charge in [0.05, 0.1) is 12.6 Å². The lowest BCUT2D eigenvalue weighted by Gasteiger charge is -2.37. The summed E-state index contributed by atoms with van der Waals surface area (Å²) in [6.07, 6.45) is 1.58. The third kappa shape index (κ3) is 2.86. The average Bonchev–Trinajstić information content (AvgIpc) is 2.67. The van der Waals surface area contributed by atoms with Crippen molar-refractivity contribution in [1.82, 2.24) is 4.90 Å². The molecule has 1 aromatic carbocycles. The Hall–Kier alpha value is -2.04. The number of amidine groups is 1. The van der Waals surface area contributed by atoms with Gasteiger partial charge >= 0.3 is 6.03 Å². The summed E-state index contributed by atoms with van der Waals surface area (Å²) in [6, 6.07) is 7.78. The van der Waals surface area contributed by atoms with Gasteiger partial charge in [-0.3, -0.25) is 0 Å². The van der Waals surface area contributed by atoms with Crippen LogP contribution in [-0.4, -0.2) is 35.5 Å². The summed E-state index contributed by atoms with van der Waals surface area (Å²) in [6.45, 7) is 5.95. The molecule has 0 radical (unpaired) electrons. The molecule has 1 aliphatic heterocycles. The van der Waals surface area contributed by atoms with Crippen LogP contribution in [0.25, 0.3) is 0 Å². The summed E-state index contributed by atoms with van der Waals surface area (Å²) in [5, 5.41) is 0. The van der Waals surface area contributed by atoms with Gasteiger partial charge in [-0.1, -0.05) is 12.1 Å². The molecule has 0 fully saturated rings. The molecule has 0 saturated carbocycles. The smallest absolute Gasteiger partial charge is 0.346 e. The Morgan fingerprint density at radius 2 is 1.95 bits per heavy atom. The number of nitrogens with zero attached hydrogens (tertiary/aromatic N) is 2. The maximum Gasteiger partial charge on any atom is 0.346 e. The monoisotopic (exact) mass is 289 g/mol. The molecule has 5 nitrogen and oxygen atoms in total. The maximum atomic E-state index is 12.0. The maximum absolute atomic E-state index is 12.0. The van der Waals surface area contributed by atoms with Crippen molar-refractivity contribution in [3.63, 3.8) is 0 Å². The fourth-order valence-corrected chi connectivity index (χ4v) is 2.83. The van der Waals surface area contributed by atoms with E-state index in [0.717, 1.165) is 18.6 Å². The van der Waals surface area contributed by atoms with Gasteiger partial charge in [0, 0.05) is 6.04 Å². The third-order valence-electron chi connectivity index (χ3n) is 4.08. The molecule has 1 unspecified atom stereocenters. The molecular weight excluding hydrogens is 266 g/mol. The van der Waals surface area contributed by atoms with Gasteiger partial charge in [0.25, 0.3) is 0 Å². The van der Waals surface area contributed by atoms with Crippen molar-refractivity contribution in [3.05, 3.63) is 29.8 Å². The van der Waals surface area contributed by atoms with E-state index in [1.807, 2.05) is 45.0 Å². The molecule has 2 rings (SSSR count). The Morgan fingerprint density at radius 1 is 1.33 bits per heavy atom. The van der Waals surface area contributed by atoms with Crippen LogP contribution in [0.15, 0.2) is 29.3 Å². The fraction of sp³-hybridized carbons (Fsp3) is 0.500. The predicted octanol–water partition coefficient (Wildman–Crippen LogP) is 2.59. The molecule has 114 valence electrons. The topological polar surface area (TPSA) is 67.9 Å². The second kappa shape index (κ2) is 5.76. The second-order valence-electron chi connectivity index (χ2n) is 5.87.